The number of rotatable bonds is 4. The second-order valence-electron chi connectivity index (χ2n) is 4.46. The van der Waals surface area contributed by atoms with Crippen molar-refractivity contribution in [2.24, 2.45) is 0 Å². The van der Waals surface area contributed by atoms with Gasteiger partial charge in [-0.2, -0.15) is 4.80 Å². The fraction of sp³-hybridized carbons (Fsp3) is 0.333. The minimum atomic E-state index is 0.421. The van der Waals surface area contributed by atoms with Crippen LogP contribution in [0.3, 0.4) is 0 Å². The summed E-state index contributed by atoms with van der Waals surface area (Å²) >= 11 is 0. The average Bonchev–Trinajstić information content (AvgIpc) is 3.11. The first-order valence-electron chi connectivity index (χ1n) is 5.88. The van der Waals surface area contributed by atoms with Gasteiger partial charge in [-0.25, -0.2) is 0 Å². The number of aromatic nitrogens is 4. The maximum atomic E-state index is 10.5. The summed E-state index contributed by atoms with van der Waals surface area (Å²) in [6.07, 6.45) is 2.92. The Morgan fingerprint density at radius 1 is 1.44 bits per heavy atom. The molecular weight excluding hydrogens is 230 g/mol. The number of benzene rings is 1. The van der Waals surface area contributed by atoms with Gasteiger partial charge in [0.1, 0.15) is 0 Å². The molecule has 0 saturated heterocycles. The molecule has 1 amide bonds. The van der Waals surface area contributed by atoms with Crippen LogP contribution in [-0.2, 0) is 4.79 Å². The predicted molar refractivity (Wildman–Crippen MR) is 65.9 cm³/mol. The highest BCUT2D eigenvalue weighted by molar-refractivity contribution is 5.76. The van der Waals surface area contributed by atoms with Gasteiger partial charge in [-0.3, -0.25) is 4.79 Å². The van der Waals surface area contributed by atoms with Gasteiger partial charge in [-0.1, -0.05) is 12.1 Å². The van der Waals surface area contributed by atoms with Crippen molar-refractivity contribution >= 4 is 12.1 Å². The molecule has 0 unspecified atom stereocenters. The molecule has 3 rings (SSSR count). The Bertz CT molecular complexity index is 588. The summed E-state index contributed by atoms with van der Waals surface area (Å²) in [6.45, 7) is 1.93. The van der Waals surface area contributed by atoms with E-state index in [0.717, 1.165) is 29.7 Å². The first-order valence-corrected chi connectivity index (χ1v) is 5.88. The van der Waals surface area contributed by atoms with Crippen molar-refractivity contribution in [2.75, 3.05) is 5.32 Å². The number of hydrogen-bond donors (Lipinski definition) is 1. The Morgan fingerprint density at radius 3 is 3.00 bits per heavy atom. The van der Waals surface area contributed by atoms with E-state index < -0.39 is 0 Å². The molecule has 92 valence electrons. The molecule has 0 atom stereocenters. The molecule has 1 fully saturated rings. The molecule has 0 aliphatic heterocycles. The van der Waals surface area contributed by atoms with Gasteiger partial charge in [0, 0.05) is 11.3 Å². The minimum absolute atomic E-state index is 0.421. The molecule has 2 aromatic rings. The number of carbonyl (C=O) groups is 1. The van der Waals surface area contributed by atoms with Crippen LogP contribution in [0.25, 0.3) is 11.4 Å². The lowest BCUT2D eigenvalue weighted by atomic mass is 10.1. The van der Waals surface area contributed by atoms with Gasteiger partial charge in [0.25, 0.3) is 0 Å². The van der Waals surface area contributed by atoms with Crippen LogP contribution in [0.1, 0.15) is 24.4 Å². The molecule has 1 aromatic carbocycles. The van der Waals surface area contributed by atoms with Crippen molar-refractivity contribution in [3.05, 3.63) is 23.8 Å². The number of nitrogens with one attached hydrogen (secondary N) is 1. The van der Waals surface area contributed by atoms with Crippen LogP contribution in [0, 0.1) is 6.92 Å². The van der Waals surface area contributed by atoms with Gasteiger partial charge in [0.05, 0.1) is 6.04 Å². The summed E-state index contributed by atoms with van der Waals surface area (Å²) < 4.78 is 0. The molecule has 1 heterocycles. The van der Waals surface area contributed by atoms with E-state index in [1.54, 1.807) is 4.80 Å². The zero-order valence-corrected chi connectivity index (χ0v) is 10.00. The van der Waals surface area contributed by atoms with Crippen molar-refractivity contribution in [2.45, 2.75) is 25.8 Å². The highest BCUT2D eigenvalue weighted by atomic mass is 16.1. The highest BCUT2D eigenvalue weighted by Crippen LogP contribution is 2.33. The van der Waals surface area contributed by atoms with E-state index in [1.165, 1.54) is 0 Å². The average molecular weight is 243 g/mol. The second kappa shape index (κ2) is 4.21. The summed E-state index contributed by atoms with van der Waals surface area (Å²) in [4.78, 5) is 12.2. The molecule has 1 saturated carbocycles. The van der Waals surface area contributed by atoms with Crippen LogP contribution in [0.4, 0.5) is 5.69 Å². The van der Waals surface area contributed by atoms with E-state index in [9.17, 15) is 4.79 Å². The lowest BCUT2D eigenvalue weighted by Gasteiger charge is -2.04. The molecule has 0 radical (unpaired) electrons. The number of aryl methyl sites for hydroxylation is 1. The quantitative estimate of drug-likeness (QED) is 0.827. The van der Waals surface area contributed by atoms with E-state index in [2.05, 4.69) is 20.7 Å². The van der Waals surface area contributed by atoms with Crippen molar-refractivity contribution in [1.29, 1.82) is 0 Å². The maximum absolute atomic E-state index is 10.5. The number of hydrogen-bond acceptors (Lipinski definition) is 4. The third kappa shape index (κ3) is 1.97. The zero-order chi connectivity index (χ0) is 12.5. The van der Waals surface area contributed by atoms with Crippen molar-refractivity contribution in [3.63, 3.8) is 0 Å². The van der Waals surface area contributed by atoms with Crippen LogP contribution in [0.5, 0.6) is 0 Å². The van der Waals surface area contributed by atoms with Crippen molar-refractivity contribution < 1.29 is 4.79 Å². The van der Waals surface area contributed by atoms with Gasteiger partial charge in [0.15, 0.2) is 0 Å². The molecule has 1 aliphatic carbocycles. The van der Waals surface area contributed by atoms with E-state index >= 15 is 0 Å². The molecule has 6 heteroatoms. The number of carbonyl (C=O) groups excluding carboxylic acids is 1. The Balaban J connectivity index is 1.94. The molecule has 0 bridgehead atoms. The van der Waals surface area contributed by atoms with Gasteiger partial charge < -0.3 is 5.32 Å². The molecule has 0 spiro atoms. The van der Waals surface area contributed by atoms with Crippen LogP contribution < -0.4 is 5.32 Å². The lowest BCUT2D eigenvalue weighted by molar-refractivity contribution is -0.105. The van der Waals surface area contributed by atoms with Gasteiger partial charge in [-0.15, -0.1) is 10.2 Å². The molecule has 1 aliphatic rings. The predicted octanol–water partition coefficient (Wildman–Crippen LogP) is 1.55. The van der Waals surface area contributed by atoms with Gasteiger partial charge >= 0.3 is 0 Å². The minimum Gasteiger partial charge on any atom is -0.328 e. The third-order valence-electron chi connectivity index (χ3n) is 3.01. The maximum Gasteiger partial charge on any atom is 0.211 e. The molecule has 1 aromatic heterocycles. The second-order valence-corrected chi connectivity index (χ2v) is 4.46. The van der Waals surface area contributed by atoms with Crippen LogP contribution >= 0.6 is 0 Å². The van der Waals surface area contributed by atoms with E-state index in [4.69, 9.17) is 0 Å². The first kappa shape index (κ1) is 10.9. The smallest absolute Gasteiger partial charge is 0.211 e. The standard InChI is InChI=1S/C12H13N5O/c1-8-2-3-9(6-11(8)13-7-18)12-14-16-17(15-12)10-4-5-10/h2-3,6-7,10H,4-5H2,1H3,(H,13,18). The van der Waals surface area contributed by atoms with Gasteiger partial charge in [0.2, 0.25) is 12.2 Å². The Labute approximate surface area is 104 Å². The van der Waals surface area contributed by atoms with Crippen molar-refractivity contribution in [3.8, 4) is 11.4 Å². The number of tetrazole rings is 1. The van der Waals surface area contributed by atoms with Gasteiger partial charge in [-0.05, 0) is 36.6 Å². The topological polar surface area (TPSA) is 72.7 Å². The molecule has 6 nitrogen and oxygen atoms in total. The van der Waals surface area contributed by atoms with Crippen LogP contribution in [-0.4, -0.2) is 26.6 Å². The zero-order valence-electron chi connectivity index (χ0n) is 10.00. The Kier molecular flexibility index (Phi) is 2.55. The molecule has 18 heavy (non-hydrogen) atoms. The SMILES string of the molecule is Cc1ccc(-c2nnn(C3CC3)n2)cc1NC=O. The highest BCUT2D eigenvalue weighted by Gasteiger charge is 2.26. The van der Waals surface area contributed by atoms with Crippen molar-refractivity contribution in [1.82, 2.24) is 20.2 Å². The fourth-order valence-corrected chi connectivity index (χ4v) is 1.78. The first-order chi connectivity index (χ1) is 8.78. The lowest BCUT2D eigenvalue weighted by Crippen LogP contribution is -1.99. The summed E-state index contributed by atoms with van der Waals surface area (Å²) in [6, 6.07) is 6.14. The number of amides is 1. The van der Waals surface area contributed by atoms with E-state index in [0.29, 0.717) is 18.3 Å². The summed E-state index contributed by atoms with van der Waals surface area (Å²) in [5.41, 5.74) is 2.63. The largest absolute Gasteiger partial charge is 0.328 e. The Hall–Kier alpha value is -2.24. The van der Waals surface area contributed by atoms with E-state index in [-0.39, 0.29) is 0 Å². The third-order valence-corrected chi connectivity index (χ3v) is 3.01. The Morgan fingerprint density at radius 2 is 2.28 bits per heavy atom. The summed E-state index contributed by atoms with van der Waals surface area (Å²) in [7, 11) is 0. The normalized spacial score (nSPS) is 14.5. The van der Waals surface area contributed by atoms with Crippen LogP contribution in [0.15, 0.2) is 18.2 Å². The number of nitrogens with zero attached hydrogens (tertiary/aromatic N) is 4. The van der Waals surface area contributed by atoms with E-state index in [1.807, 2.05) is 25.1 Å². The summed E-state index contributed by atoms with van der Waals surface area (Å²) in [5, 5.41) is 15.1. The fourth-order valence-electron chi connectivity index (χ4n) is 1.78. The molecular formula is C12H13N5O. The summed E-state index contributed by atoms with van der Waals surface area (Å²) in [5.74, 6) is 0.593. The monoisotopic (exact) mass is 243 g/mol. The number of anilines is 1. The van der Waals surface area contributed by atoms with Crippen LogP contribution in [0.2, 0.25) is 0 Å². The molecule has 1 N–H and O–H groups in total.